The molecule has 0 radical (unpaired) electrons. The number of para-hydroxylation sites is 2. The lowest BCUT2D eigenvalue weighted by molar-refractivity contribution is -0.127. The highest BCUT2D eigenvalue weighted by Crippen LogP contribution is 2.16. The lowest BCUT2D eigenvalue weighted by Crippen LogP contribution is -2.36. The maximum atomic E-state index is 12.1. The summed E-state index contributed by atoms with van der Waals surface area (Å²) in [6.07, 6.45) is 1.02. The number of hydrogen-bond donors (Lipinski definition) is 2. The summed E-state index contributed by atoms with van der Waals surface area (Å²) in [6.45, 7) is 2.30. The van der Waals surface area contributed by atoms with Crippen molar-refractivity contribution in [2.24, 2.45) is 0 Å². The molecular formula is C19H20ClN3O2. The Morgan fingerprint density at radius 2 is 2.00 bits per heavy atom. The zero-order valence-corrected chi connectivity index (χ0v) is 14.7. The first-order chi connectivity index (χ1) is 12.1. The van der Waals surface area contributed by atoms with Crippen LogP contribution in [0.2, 0.25) is 5.02 Å². The van der Waals surface area contributed by atoms with Gasteiger partial charge in [-0.25, -0.2) is 4.98 Å². The predicted molar refractivity (Wildman–Crippen MR) is 99.0 cm³/mol. The third-order valence-corrected chi connectivity index (χ3v) is 4.08. The van der Waals surface area contributed by atoms with Crippen molar-refractivity contribution in [1.29, 1.82) is 0 Å². The molecule has 0 unspecified atom stereocenters. The number of amides is 1. The number of aromatic amines is 1. The third-order valence-electron chi connectivity index (χ3n) is 3.82. The first-order valence-corrected chi connectivity index (χ1v) is 8.63. The van der Waals surface area contributed by atoms with Crippen molar-refractivity contribution in [1.82, 2.24) is 15.3 Å². The second-order valence-electron chi connectivity index (χ2n) is 5.81. The molecule has 0 aliphatic heterocycles. The van der Waals surface area contributed by atoms with E-state index in [9.17, 15) is 4.79 Å². The summed E-state index contributed by atoms with van der Waals surface area (Å²) in [5.74, 6) is 1.41. The van der Waals surface area contributed by atoms with E-state index in [2.05, 4.69) is 15.3 Å². The number of fused-ring (bicyclic) bond motifs is 1. The fourth-order valence-corrected chi connectivity index (χ4v) is 2.63. The van der Waals surface area contributed by atoms with Gasteiger partial charge in [-0.3, -0.25) is 4.79 Å². The van der Waals surface area contributed by atoms with Crippen molar-refractivity contribution in [2.75, 3.05) is 6.54 Å². The van der Waals surface area contributed by atoms with Gasteiger partial charge in [0.15, 0.2) is 6.10 Å². The molecule has 3 rings (SSSR count). The van der Waals surface area contributed by atoms with Crippen LogP contribution in [0.15, 0.2) is 48.5 Å². The number of H-pyrrole nitrogens is 1. The van der Waals surface area contributed by atoms with Crippen LogP contribution in [-0.4, -0.2) is 28.5 Å². The molecule has 1 amide bonds. The number of carbonyl (C=O) groups excluding carboxylic acids is 1. The van der Waals surface area contributed by atoms with Gasteiger partial charge >= 0.3 is 0 Å². The Hall–Kier alpha value is -2.53. The van der Waals surface area contributed by atoms with Crippen LogP contribution >= 0.6 is 11.6 Å². The van der Waals surface area contributed by atoms with Crippen molar-refractivity contribution >= 4 is 28.5 Å². The highest BCUT2D eigenvalue weighted by atomic mass is 35.5. The molecular weight excluding hydrogens is 338 g/mol. The molecule has 1 heterocycles. The number of rotatable bonds is 7. The summed E-state index contributed by atoms with van der Waals surface area (Å²) in [7, 11) is 0. The summed E-state index contributed by atoms with van der Waals surface area (Å²) in [4.78, 5) is 19.9. The van der Waals surface area contributed by atoms with Crippen LogP contribution in [0.1, 0.15) is 19.2 Å². The fourth-order valence-electron chi connectivity index (χ4n) is 2.51. The monoisotopic (exact) mass is 357 g/mol. The number of ether oxygens (including phenoxy) is 1. The van der Waals surface area contributed by atoms with Crippen LogP contribution in [0.25, 0.3) is 11.0 Å². The molecule has 1 aromatic heterocycles. The Bertz CT molecular complexity index is 812. The summed E-state index contributed by atoms with van der Waals surface area (Å²) in [5.41, 5.74) is 2.00. The van der Waals surface area contributed by atoms with E-state index in [4.69, 9.17) is 16.3 Å². The van der Waals surface area contributed by atoms with Gasteiger partial charge in [-0.2, -0.15) is 0 Å². The van der Waals surface area contributed by atoms with Gasteiger partial charge in [0, 0.05) is 18.0 Å². The number of aromatic nitrogens is 2. The quantitative estimate of drug-likeness (QED) is 0.633. The van der Waals surface area contributed by atoms with Crippen LogP contribution in [0.5, 0.6) is 5.75 Å². The van der Waals surface area contributed by atoms with E-state index in [-0.39, 0.29) is 5.91 Å². The number of hydrogen-bond acceptors (Lipinski definition) is 3. The Kier molecular flexibility index (Phi) is 5.56. The van der Waals surface area contributed by atoms with Crippen molar-refractivity contribution in [3.63, 3.8) is 0 Å². The highest BCUT2D eigenvalue weighted by molar-refractivity contribution is 6.30. The Labute approximate surface area is 151 Å². The number of carbonyl (C=O) groups is 1. The molecule has 1 atom stereocenters. The van der Waals surface area contributed by atoms with E-state index in [1.54, 1.807) is 31.2 Å². The van der Waals surface area contributed by atoms with E-state index < -0.39 is 6.10 Å². The molecule has 2 N–H and O–H groups in total. The molecule has 0 aliphatic carbocycles. The van der Waals surface area contributed by atoms with Gasteiger partial charge in [0.1, 0.15) is 11.6 Å². The lowest BCUT2D eigenvalue weighted by Gasteiger charge is -2.14. The second-order valence-corrected chi connectivity index (χ2v) is 6.25. The molecule has 0 bridgehead atoms. The van der Waals surface area contributed by atoms with Crippen LogP contribution in [-0.2, 0) is 11.2 Å². The summed E-state index contributed by atoms with van der Waals surface area (Å²) < 4.78 is 5.60. The van der Waals surface area contributed by atoms with Gasteiger partial charge in [-0.15, -0.1) is 0 Å². The fraction of sp³-hybridized carbons (Fsp3) is 0.263. The summed E-state index contributed by atoms with van der Waals surface area (Å²) >= 11 is 5.83. The Balaban J connectivity index is 1.41. The SMILES string of the molecule is C[C@@H](Oc1ccc(Cl)cc1)C(=O)NCCCc1nc2ccccc2[nH]1. The molecule has 0 saturated carbocycles. The van der Waals surface area contributed by atoms with E-state index in [0.717, 1.165) is 29.7 Å². The predicted octanol–water partition coefficient (Wildman–Crippen LogP) is 3.73. The second kappa shape index (κ2) is 8.03. The van der Waals surface area contributed by atoms with E-state index in [0.29, 0.717) is 17.3 Å². The Morgan fingerprint density at radius 3 is 2.76 bits per heavy atom. The highest BCUT2D eigenvalue weighted by Gasteiger charge is 2.14. The third kappa shape index (κ3) is 4.73. The normalized spacial score (nSPS) is 12.1. The molecule has 0 aliphatic rings. The molecule has 25 heavy (non-hydrogen) atoms. The molecule has 0 spiro atoms. The summed E-state index contributed by atoms with van der Waals surface area (Å²) in [6, 6.07) is 14.9. The number of benzene rings is 2. The van der Waals surface area contributed by atoms with Crippen LogP contribution < -0.4 is 10.1 Å². The van der Waals surface area contributed by atoms with Crippen LogP contribution in [0.4, 0.5) is 0 Å². The largest absolute Gasteiger partial charge is 0.481 e. The number of imidazole rings is 1. The minimum Gasteiger partial charge on any atom is -0.481 e. The average Bonchev–Trinajstić information content (AvgIpc) is 3.03. The summed E-state index contributed by atoms with van der Waals surface area (Å²) in [5, 5.41) is 3.52. The number of aryl methyl sites for hydroxylation is 1. The van der Waals surface area contributed by atoms with Gasteiger partial charge in [0.05, 0.1) is 11.0 Å². The maximum Gasteiger partial charge on any atom is 0.260 e. The molecule has 6 heteroatoms. The minimum absolute atomic E-state index is 0.139. The lowest BCUT2D eigenvalue weighted by atomic mass is 10.3. The van der Waals surface area contributed by atoms with E-state index in [1.165, 1.54) is 0 Å². The van der Waals surface area contributed by atoms with Crippen LogP contribution in [0.3, 0.4) is 0 Å². The molecule has 0 fully saturated rings. The average molecular weight is 358 g/mol. The molecule has 3 aromatic rings. The van der Waals surface area contributed by atoms with E-state index >= 15 is 0 Å². The van der Waals surface area contributed by atoms with E-state index in [1.807, 2.05) is 24.3 Å². The zero-order chi connectivity index (χ0) is 17.6. The maximum absolute atomic E-state index is 12.1. The van der Waals surface area contributed by atoms with Gasteiger partial charge < -0.3 is 15.0 Å². The van der Waals surface area contributed by atoms with Crippen molar-refractivity contribution in [3.8, 4) is 5.75 Å². The topological polar surface area (TPSA) is 67.0 Å². The first-order valence-electron chi connectivity index (χ1n) is 8.25. The van der Waals surface area contributed by atoms with Crippen molar-refractivity contribution in [2.45, 2.75) is 25.9 Å². The van der Waals surface area contributed by atoms with Gasteiger partial charge in [-0.05, 0) is 49.7 Å². The number of nitrogens with zero attached hydrogens (tertiary/aromatic N) is 1. The Morgan fingerprint density at radius 1 is 1.24 bits per heavy atom. The van der Waals surface area contributed by atoms with Gasteiger partial charge in [-0.1, -0.05) is 23.7 Å². The molecule has 130 valence electrons. The molecule has 5 nitrogen and oxygen atoms in total. The first kappa shape index (κ1) is 17.3. The van der Waals surface area contributed by atoms with Crippen molar-refractivity contribution < 1.29 is 9.53 Å². The zero-order valence-electron chi connectivity index (χ0n) is 14.0. The van der Waals surface area contributed by atoms with Crippen molar-refractivity contribution in [3.05, 3.63) is 59.4 Å². The van der Waals surface area contributed by atoms with Gasteiger partial charge in [0.2, 0.25) is 0 Å². The van der Waals surface area contributed by atoms with Gasteiger partial charge in [0.25, 0.3) is 5.91 Å². The number of halogens is 1. The standard InChI is InChI=1S/C19H20ClN3O2/c1-13(25-15-10-8-14(20)9-11-15)19(24)21-12-4-7-18-22-16-5-2-3-6-17(16)23-18/h2-3,5-6,8-11,13H,4,7,12H2,1H3,(H,21,24)(H,22,23)/t13-/m1/s1. The van der Waals surface area contributed by atoms with Crippen LogP contribution in [0, 0.1) is 0 Å². The smallest absolute Gasteiger partial charge is 0.260 e. The molecule has 0 saturated heterocycles. The number of nitrogens with one attached hydrogen (secondary N) is 2. The minimum atomic E-state index is -0.563. The molecule has 2 aromatic carbocycles.